The van der Waals surface area contributed by atoms with Crippen molar-refractivity contribution in [3.05, 3.63) is 35.7 Å². The van der Waals surface area contributed by atoms with Crippen LogP contribution in [0.4, 0.5) is 13.2 Å². The Balaban J connectivity index is 1.81. The molecular formula is C17H17F3N4O3. The summed E-state index contributed by atoms with van der Waals surface area (Å²) in [5.74, 6) is -2.24. The van der Waals surface area contributed by atoms with Gasteiger partial charge in [0, 0.05) is 24.2 Å². The molecule has 7 nitrogen and oxygen atoms in total. The lowest BCUT2D eigenvalue weighted by Gasteiger charge is -2.37. The van der Waals surface area contributed by atoms with E-state index in [9.17, 15) is 22.8 Å². The van der Waals surface area contributed by atoms with Crippen molar-refractivity contribution in [3.63, 3.8) is 0 Å². The molecule has 1 aromatic heterocycles. The molecule has 0 bridgehead atoms. The Morgan fingerprint density at radius 1 is 1.30 bits per heavy atom. The molecule has 144 valence electrons. The molecule has 3 rings (SSSR count). The van der Waals surface area contributed by atoms with E-state index in [2.05, 4.69) is 20.0 Å². The maximum absolute atomic E-state index is 12.8. The van der Waals surface area contributed by atoms with E-state index in [1.165, 1.54) is 29.2 Å². The quantitative estimate of drug-likeness (QED) is 0.880. The van der Waals surface area contributed by atoms with E-state index in [-0.39, 0.29) is 29.1 Å². The molecule has 1 fully saturated rings. The van der Waals surface area contributed by atoms with Gasteiger partial charge in [0.25, 0.3) is 5.91 Å². The second-order valence-electron chi connectivity index (χ2n) is 6.48. The van der Waals surface area contributed by atoms with Crippen LogP contribution in [0.2, 0.25) is 0 Å². The van der Waals surface area contributed by atoms with E-state index in [1.807, 2.05) is 13.8 Å². The van der Waals surface area contributed by atoms with Crippen LogP contribution in [-0.2, 0) is 11.0 Å². The predicted molar refractivity (Wildman–Crippen MR) is 87.4 cm³/mol. The third-order valence-corrected chi connectivity index (χ3v) is 4.21. The molecule has 1 aliphatic heterocycles. The van der Waals surface area contributed by atoms with Crippen LogP contribution in [0, 0.1) is 5.92 Å². The molecule has 2 heterocycles. The first-order valence-corrected chi connectivity index (χ1v) is 8.28. The fourth-order valence-corrected chi connectivity index (χ4v) is 2.96. The number of carbonyl (C=O) groups excluding carboxylic acids is 2. The van der Waals surface area contributed by atoms with Crippen molar-refractivity contribution in [2.75, 3.05) is 13.1 Å². The summed E-state index contributed by atoms with van der Waals surface area (Å²) < 4.78 is 41.8. The predicted octanol–water partition coefficient (Wildman–Crippen LogP) is 2.35. The number of amides is 2. The monoisotopic (exact) mass is 382 g/mol. The summed E-state index contributed by atoms with van der Waals surface area (Å²) in [4.78, 5) is 29.7. The Labute approximate surface area is 152 Å². The van der Waals surface area contributed by atoms with Crippen LogP contribution in [0.25, 0.3) is 11.4 Å². The Morgan fingerprint density at radius 3 is 2.52 bits per heavy atom. The minimum absolute atomic E-state index is 0.0614. The van der Waals surface area contributed by atoms with Crippen LogP contribution in [0.15, 0.2) is 28.8 Å². The Hall–Kier alpha value is -2.91. The van der Waals surface area contributed by atoms with E-state index in [0.29, 0.717) is 18.7 Å². The highest BCUT2D eigenvalue weighted by atomic mass is 19.4. The summed E-state index contributed by atoms with van der Waals surface area (Å²) in [6.07, 6.45) is -4.72. The SMILES string of the molecule is CC(C)C1C(=O)NCCN1C(=O)c1ccc(-c2noc(C(F)(F)F)n2)cc1. The van der Waals surface area contributed by atoms with Crippen LogP contribution in [-0.4, -0.2) is 46.0 Å². The number of hydrogen-bond acceptors (Lipinski definition) is 5. The summed E-state index contributed by atoms with van der Waals surface area (Å²) in [5, 5.41) is 6.05. The molecule has 27 heavy (non-hydrogen) atoms. The normalized spacial score (nSPS) is 17.9. The standard InChI is InChI=1S/C17H17F3N4O3/c1-9(2)12-14(25)21-7-8-24(12)15(26)11-5-3-10(4-6-11)13-22-16(27-23-13)17(18,19)20/h3-6,9,12H,7-8H2,1-2H3,(H,21,25). The molecule has 1 atom stereocenters. The molecule has 0 spiro atoms. The maximum atomic E-state index is 12.8. The molecule has 2 amide bonds. The number of nitrogens with zero attached hydrogens (tertiary/aromatic N) is 3. The topological polar surface area (TPSA) is 88.3 Å². The zero-order valence-corrected chi connectivity index (χ0v) is 14.6. The molecule has 0 aliphatic carbocycles. The van der Waals surface area contributed by atoms with Crippen molar-refractivity contribution in [1.82, 2.24) is 20.4 Å². The van der Waals surface area contributed by atoms with E-state index >= 15 is 0 Å². The van der Waals surface area contributed by atoms with Gasteiger partial charge in [0.2, 0.25) is 11.7 Å². The summed E-state index contributed by atoms with van der Waals surface area (Å²) >= 11 is 0. The number of nitrogens with one attached hydrogen (secondary N) is 1. The molecule has 1 N–H and O–H groups in total. The number of alkyl halides is 3. The largest absolute Gasteiger partial charge is 0.471 e. The Bertz CT molecular complexity index is 846. The highest BCUT2D eigenvalue weighted by Crippen LogP contribution is 2.29. The van der Waals surface area contributed by atoms with Gasteiger partial charge in [-0.25, -0.2) is 0 Å². The molecular weight excluding hydrogens is 365 g/mol. The van der Waals surface area contributed by atoms with Gasteiger partial charge in [0.05, 0.1) is 0 Å². The number of rotatable bonds is 3. The number of piperazine rings is 1. The first-order valence-electron chi connectivity index (χ1n) is 8.28. The Morgan fingerprint density at radius 2 is 1.96 bits per heavy atom. The van der Waals surface area contributed by atoms with Gasteiger partial charge in [0.1, 0.15) is 6.04 Å². The summed E-state index contributed by atoms with van der Waals surface area (Å²) in [6, 6.07) is 5.23. The molecule has 0 radical (unpaired) electrons. The lowest BCUT2D eigenvalue weighted by molar-refractivity contribution is -0.159. The van der Waals surface area contributed by atoms with Crippen molar-refractivity contribution in [3.8, 4) is 11.4 Å². The fourth-order valence-electron chi connectivity index (χ4n) is 2.96. The zero-order valence-electron chi connectivity index (χ0n) is 14.6. The van der Waals surface area contributed by atoms with Gasteiger partial charge >= 0.3 is 12.1 Å². The number of hydrogen-bond donors (Lipinski definition) is 1. The highest BCUT2D eigenvalue weighted by molar-refractivity contribution is 5.98. The van der Waals surface area contributed by atoms with Gasteiger partial charge in [-0.1, -0.05) is 31.1 Å². The van der Waals surface area contributed by atoms with Gasteiger partial charge in [0.15, 0.2) is 0 Å². The van der Waals surface area contributed by atoms with Gasteiger partial charge in [-0.2, -0.15) is 18.2 Å². The second-order valence-corrected chi connectivity index (χ2v) is 6.48. The van der Waals surface area contributed by atoms with Crippen molar-refractivity contribution in [2.45, 2.75) is 26.1 Å². The van der Waals surface area contributed by atoms with Crippen LogP contribution >= 0.6 is 0 Å². The van der Waals surface area contributed by atoms with E-state index in [1.54, 1.807) is 0 Å². The average molecular weight is 382 g/mol. The molecule has 10 heteroatoms. The zero-order chi connectivity index (χ0) is 19.8. The van der Waals surface area contributed by atoms with Crippen LogP contribution in [0.1, 0.15) is 30.1 Å². The molecule has 1 unspecified atom stereocenters. The third kappa shape index (κ3) is 3.79. The van der Waals surface area contributed by atoms with Crippen molar-refractivity contribution >= 4 is 11.8 Å². The number of aromatic nitrogens is 2. The van der Waals surface area contributed by atoms with Gasteiger partial charge in [-0.3, -0.25) is 9.59 Å². The number of halogens is 3. The molecule has 1 aromatic carbocycles. The number of benzene rings is 1. The van der Waals surface area contributed by atoms with E-state index in [4.69, 9.17) is 0 Å². The van der Waals surface area contributed by atoms with Crippen LogP contribution in [0.3, 0.4) is 0 Å². The Kier molecular flexibility index (Phi) is 4.90. The van der Waals surface area contributed by atoms with E-state index in [0.717, 1.165) is 0 Å². The minimum Gasteiger partial charge on any atom is -0.353 e. The van der Waals surface area contributed by atoms with Gasteiger partial charge in [-0.15, -0.1) is 0 Å². The smallest absolute Gasteiger partial charge is 0.353 e. The van der Waals surface area contributed by atoms with Gasteiger partial charge < -0.3 is 14.7 Å². The molecule has 1 saturated heterocycles. The van der Waals surface area contributed by atoms with Gasteiger partial charge in [-0.05, 0) is 18.1 Å². The molecule has 2 aromatic rings. The molecule has 1 aliphatic rings. The van der Waals surface area contributed by atoms with Crippen LogP contribution in [0.5, 0.6) is 0 Å². The third-order valence-electron chi connectivity index (χ3n) is 4.21. The lowest BCUT2D eigenvalue weighted by atomic mass is 9.98. The number of carbonyl (C=O) groups is 2. The summed E-state index contributed by atoms with van der Waals surface area (Å²) in [5.41, 5.74) is 0.598. The molecule has 0 saturated carbocycles. The first kappa shape index (κ1) is 18.9. The van der Waals surface area contributed by atoms with Crippen molar-refractivity contribution in [1.29, 1.82) is 0 Å². The van der Waals surface area contributed by atoms with Crippen molar-refractivity contribution in [2.24, 2.45) is 5.92 Å². The second kappa shape index (κ2) is 7.01. The summed E-state index contributed by atoms with van der Waals surface area (Å²) in [7, 11) is 0. The highest BCUT2D eigenvalue weighted by Gasteiger charge is 2.39. The first-order chi connectivity index (χ1) is 12.7. The van der Waals surface area contributed by atoms with E-state index < -0.39 is 18.1 Å². The summed E-state index contributed by atoms with van der Waals surface area (Å²) in [6.45, 7) is 4.46. The lowest BCUT2D eigenvalue weighted by Crippen LogP contribution is -2.59. The minimum atomic E-state index is -4.72. The van der Waals surface area contributed by atoms with Crippen molar-refractivity contribution < 1.29 is 27.3 Å². The fraction of sp³-hybridized carbons (Fsp3) is 0.412. The van der Waals surface area contributed by atoms with Crippen LogP contribution < -0.4 is 5.32 Å². The average Bonchev–Trinajstić information content (AvgIpc) is 3.11. The maximum Gasteiger partial charge on any atom is 0.471 e.